The van der Waals surface area contributed by atoms with Crippen molar-refractivity contribution in [2.24, 2.45) is 5.73 Å². The lowest BCUT2D eigenvalue weighted by Gasteiger charge is -2.40. The van der Waals surface area contributed by atoms with Crippen LogP contribution in [0.15, 0.2) is 24.3 Å². The number of para-hydroxylation sites is 1. The van der Waals surface area contributed by atoms with Crippen molar-refractivity contribution in [1.29, 1.82) is 0 Å². The van der Waals surface area contributed by atoms with Gasteiger partial charge in [-0.25, -0.2) is 4.79 Å². The van der Waals surface area contributed by atoms with E-state index in [-0.39, 0.29) is 6.03 Å². The summed E-state index contributed by atoms with van der Waals surface area (Å²) in [6.07, 6.45) is 1.41. The Bertz CT molecular complexity index is 544. The maximum Gasteiger partial charge on any atom is 0.320 e. The quantitative estimate of drug-likeness (QED) is 0.745. The van der Waals surface area contributed by atoms with E-state index in [0.717, 1.165) is 13.1 Å². The fourth-order valence-corrected chi connectivity index (χ4v) is 2.80. The van der Waals surface area contributed by atoms with E-state index in [1.807, 2.05) is 7.05 Å². The topological polar surface area (TPSA) is 70.4 Å². The molecule has 4 N–H and O–H groups in total. The van der Waals surface area contributed by atoms with E-state index in [9.17, 15) is 4.79 Å². The SMILES string of the molecule is CN1CCC(NC(=O)Nc2ccccc2Cl)(C(N)=S)CC1. The van der Waals surface area contributed by atoms with Crippen molar-refractivity contribution in [1.82, 2.24) is 10.2 Å². The van der Waals surface area contributed by atoms with Crippen LogP contribution < -0.4 is 16.4 Å². The third-order valence-electron chi connectivity index (χ3n) is 3.79. The number of nitrogens with one attached hydrogen (secondary N) is 2. The van der Waals surface area contributed by atoms with Gasteiger partial charge in [0, 0.05) is 13.1 Å². The molecule has 1 saturated heterocycles. The number of nitrogens with zero attached hydrogens (tertiary/aromatic N) is 1. The van der Waals surface area contributed by atoms with Gasteiger partial charge in [-0.2, -0.15) is 0 Å². The summed E-state index contributed by atoms with van der Waals surface area (Å²) in [5.74, 6) is 0. The van der Waals surface area contributed by atoms with Crippen molar-refractivity contribution in [3.8, 4) is 0 Å². The molecule has 0 saturated carbocycles. The Morgan fingerprint density at radius 3 is 2.57 bits per heavy atom. The maximum absolute atomic E-state index is 12.2. The van der Waals surface area contributed by atoms with Crippen molar-refractivity contribution in [2.75, 3.05) is 25.5 Å². The molecule has 0 atom stereocenters. The molecule has 0 spiro atoms. The second-order valence-electron chi connectivity index (χ2n) is 5.31. The number of amides is 2. The highest BCUT2D eigenvalue weighted by molar-refractivity contribution is 7.80. The van der Waals surface area contributed by atoms with Crippen LogP contribution in [0, 0.1) is 0 Å². The van der Waals surface area contributed by atoms with E-state index in [2.05, 4.69) is 15.5 Å². The lowest BCUT2D eigenvalue weighted by atomic mass is 9.87. The number of likely N-dealkylation sites (tertiary alicyclic amines) is 1. The van der Waals surface area contributed by atoms with Crippen LogP contribution in [0.25, 0.3) is 0 Å². The Balaban J connectivity index is 2.06. The zero-order valence-corrected chi connectivity index (χ0v) is 13.4. The van der Waals surface area contributed by atoms with Crippen molar-refractivity contribution in [2.45, 2.75) is 18.4 Å². The molecule has 1 heterocycles. The number of anilines is 1. The Kier molecular flexibility index (Phi) is 5.03. The van der Waals surface area contributed by atoms with Crippen LogP contribution in [0.1, 0.15) is 12.8 Å². The minimum Gasteiger partial charge on any atom is -0.391 e. The standard InChI is InChI=1S/C14H19ClN4OS/c1-19-8-6-14(7-9-19,12(16)21)18-13(20)17-11-5-3-2-4-10(11)15/h2-5H,6-9H2,1H3,(H2,16,21)(H2,17,18,20). The fourth-order valence-electron chi connectivity index (χ4n) is 2.37. The number of benzene rings is 1. The first-order valence-corrected chi connectivity index (χ1v) is 7.54. The Morgan fingerprint density at radius 2 is 2.00 bits per heavy atom. The zero-order valence-electron chi connectivity index (χ0n) is 11.9. The van der Waals surface area contributed by atoms with Gasteiger partial charge in [-0.05, 0) is 32.0 Å². The molecule has 1 aromatic rings. The summed E-state index contributed by atoms with van der Waals surface area (Å²) >= 11 is 11.2. The molecule has 21 heavy (non-hydrogen) atoms. The van der Waals surface area contributed by atoms with E-state index in [0.29, 0.717) is 28.5 Å². The molecule has 1 aromatic carbocycles. The summed E-state index contributed by atoms with van der Waals surface area (Å²) in [5, 5.41) is 6.15. The first-order chi connectivity index (χ1) is 9.93. The van der Waals surface area contributed by atoms with Crippen LogP contribution in [0.5, 0.6) is 0 Å². The van der Waals surface area contributed by atoms with E-state index < -0.39 is 5.54 Å². The zero-order chi connectivity index (χ0) is 15.5. The summed E-state index contributed by atoms with van der Waals surface area (Å²) in [7, 11) is 2.04. The van der Waals surface area contributed by atoms with E-state index in [4.69, 9.17) is 29.6 Å². The van der Waals surface area contributed by atoms with Gasteiger partial charge < -0.3 is 21.3 Å². The molecule has 2 rings (SSSR count). The summed E-state index contributed by atoms with van der Waals surface area (Å²) in [5.41, 5.74) is 5.79. The van der Waals surface area contributed by atoms with Crippen molar-refractivity contribution in [3.63, 3.8) is 0 Å². The molecule has 1 fully saturated rings. The van der Waals surface area contributed by atoms with E-state index in [1.54, 1.807) is 24.3 Å². The number of carbonyl (C=O) groups is 1. The molecule has 0 aliphatic carbocycles. The van der Waals surface area contributed by atoms with Crippen LogP contribution in [0.2, 0.25) is 5.02 Å². The van der Waals surface area contributed by atoms with Gasteiger partial charge in [-0.1, -0.05) is 36.0 Å². The summed E-state index contributed by atoms with van der Waals surface area (Å²) in [6, 6.07) is 6.72. The van der Waals surface area contributed by atoms with Gasteiger partial charge in [0.05, 0.1) is 21.2 Å². The second-order valence-corrected chi connectivity index (χ2v) is 6.16. The molecule has 1 aliphatic heterocycles. The molecule has 2 amide bonds. The highest BCUT2D eigenvalue weighted by atomic mass is 35.5. The predicted octanol–water partition coefficient (Wildman–Crippen LogP) is 2.21. The van der Waals surface area contributed by atoms with Crippen molar-refractivity contribution in [3.05, 3.63) is 29.3 Å². The molecular formula is C14H19ClN4OS. The van der Waals surface area contributed by atoms with Crippen LogP contribution in [0.4, 0.5) is 10.5 Å². The lowest BCUT2D eigenvalue weighted by molar-refractivity contribution is 0.199. The Hall–Kier alpha value is -1.37. The number of nitrogens with two attached hydrogens (primary N) is 1. The molecule has 0 unspecified atom stereocenters. The molecule has 0 aromatic heterocycles. The highest BCUT2D eigenvalue weighted by Crippen LogP contribution is 2.24. The normalized spacial score (nSPS) is 18.0. The first kappa shape index (κ1) is 16.0. The molecule has 7 heteroatoms. The minimum absolute atomic E-state index is 0.324. The van der Waals surface area contributed by atoms with Crippen LogP contribution in [0.3, 0.4) is 0 Å². The molecule has 0 radical (unpaired) electrons. The van der Waals surface area contributed by atoms with E-state index in [1.165, 1.54) is 0 Å². The van der Waals surface area contributed by atoms with Crippen LogP contribution in [-0.4, -0.2) is 41.6 Å². The van der Waals surface area contributed by atoms with Crippen LogP contribution >= 0.6 is 23.8 Å². The number of hydrogen-bond acceptors (Lipinski definition) is 3. The number of urea groups is 1. The molecule has 0 bridgehead atoms. The Labute approximate surface area is 134 Å². The summed E-state index contributed by atoms with van der Waals surface area (Å²) in [4.78, 5) is 14.7. The molecule has 114 valence electrons. The average Bonchev–Trinajstić information content (AvgIpc) is 2.44. The third kappa shape index (κ3) is 3.84. The van der Waals surface area contributed by atoms with Gasteiger partial charge in [0.1, 0.15) is 0 Å². The number of hydrogen-bond donors (Lipinski definition) is 3. The number of piperidine rings is 1. The fraction of sp³-hybridized carbons (Fsp3) is 0.429. The van der Waals surface area contributed by atoms with Crippen molar-refractivity contribution < 1.29 is 4.79 Å². The van der Waals surface area contributed by atoms with Gasteiger partial charge in [-0.3, -0.25) is 0 Å². The number of halogens is 1. The summed E-state index contributed by atoms with van der Waals surface area (Å²) in [6.45, 7) is 1.67. The van der Waals surface area contributed by atoms with Gasteiger partial charge >= 0.3 is 6.03 Å². The second kappa shape index (κ2) is 6.60. The molecular weight excluding hydrogens is 308 g/mol. The largest absolute Gasteiger partial charge is 0.391 e. The first-order valence-electron chi connectivity index (χ1n) is 6.75. The van der Waals surface area contributed by atoms with Gasteiger partial charge in [-0.15, -0.1) is 0 Å². The lowest BCUT2D eigenvalue weighted by Crippen LogP contribution is -2.62. The van der Waals surface area contributed by atoms with Gasteiger partial charge in [0.15, 0.2) is 0 Å². The highest BCUT2D eigenvalue weighted by Gasteiger charge is 2.38. The van der Waals surface area contributed by atoms with Gasteiger partial charge in [0.25, 0.3) is 0 Å². The third-order valence-corrected chi connectivity index (χ3v) is 4.51. The summed E-state index contributed by atoms with van der Waals surface area (Å²) < 4.78 is 0. The number of rotatable bonds is 3. The van der Waals surface area contributed by atoms with Gasteiger partial charge in [0.2, 0.25) is 0 Å². The Morgan fingerprint density at radius 1 is 1.38 bits per heavy atom. The molecule has 1 aliphatic rings. The predicted molar refractivity (Wildman–Crippen MR) is 89.9 cm³/mol. The molecule has 5 nitrogen and oxygen atoms in total. The maximum atomic E-state index is 12.2. The van der Waals surface area contributed by atoms with E-state index >= 15 is 0 Å². The van der Waals surface area contributed by atoms with Crippen LogP contribution in [-0.2, 0) is 0 Å². The van der Waals surface area contributed by atoms with Crippen molar-refractivity contribution >= 4 is 40.5 Å². The smallest absolute Gasteiger partial charge is 0.320 e. The number of carbonyl (C=O) groups excluding carboxylic acids is 1. The monoisotopic (exact) mass is 326 g/mol. The number of thiocarbonyl (C=S) groups is 1. The minimum atomic E-state index is -0.632. The average molecular weight is 327 g/mol.